The molecule has 0 aromatic rings. The number of likely N-dealkylation sites (tertiary alicyclic amines) is 1. The fraction of sp³-hybridized carbons (Fsp3) is 1.00. The van der Waals surface area contributed by atoms with Crippen LogP contribution in [-0.2, 0) is 0 Å². The largest absolute Gasteiger partial charge is 0.330 e. The van der Waals surface area contributed by atoms with Gasteiger partial charge in [0.25, 0.3) is 0 Å². The lowest BCUT2D eigenvalue weighted by atomic mass is 9.69. The van der Waals surface area contributed by atoms with E-state index in [1.807, 2.05) is 0 Å². The second-order valence-electron chi connectivity index (χ2n) is 7.07. The molecule has 18 heavy (non-hydrogen) atoms. The summed E-state index contributed by atoms with van der Waals surface area (Å²) in [5.74, 6) is 0.879. The normalized spacial score (nSPS) is 39.5. The van der Waals surface area contributed by atoms with E-state index >= 15 is 0 Å². The van der Waals surface area contributed by atoms with Gasteiger partial charge in [0, 0.05) is 12.6 Å². The summed E-state index contributed by atoms with van der Waals surface area (Å²) in [5.41, 5.74) is 6.60. The van der Waals surface area contributed by atoms with Gasteiger partial charge >= 0.3 is 0 Å². The zero-order valence-corrected chi connectivity index (χ0v) is 12.5. The van der Waals surface area contributed by atoms with E-state index < -0.39 is 0 Å². The molecule has 0 spiro atoms. The van der Waals surface area contributed by atoms with Crippen LogP contribution in [0.25, 0.3) is 0 Å². The summed E-state index contributed by atoms with van der Waals surface area (Å²) in [6.07, 6.45) is 11.1. The molecule has 2 N–H and O–H groups in total. The minimum atomic E-state index is 0.427. The van der Waals surface area contributed by atoms with E-state index in [0.717, 1.165) is 18.5 Å². The van der Waals surface area contributed by atoms with Gasteiger partial charge in [-0.15, -0.1) is 0 Å². The number of nitrogens with two attached hydrogens (primary N) is 1. The molecule has 2 fully saturated rings. The van der Waals surface area contributed by atoms with Crippen molar-refractivity contribution in [3.63, 3.8) is 0 Å². The lowest BCUT2D eigenvalue weighted by molar-refractivity contribution is 0.0697. The first-order valence-electron chi connectivity index (χ1n) is 8.09. The number of hydrogen-bond acceptors (Lipinski definition) is 2. The van der Waals surface area contributed by atoms with Crippen LogP contribution in [-0.4, -0.2) is 30.6 Å². The third kappa shape index (κ3) is 3.48. The van der Waals surface area contributed by atoms with E-state index in [1.54, 1.807) is 0 Å². The highest BCUT2D eigenvalue weighted by Gasteiger charge is 2.36. The molecule has 0 bridgehead atoms. The molecule has 106 valence electrons. The molecule has 1 aliphatic heterocycles. The molecular formula is C16H32N2. The van der Waals surface area contributed by atoms with Crippen molar-refractivity contribution in [2.24, 2.45) is 17.1 Å². The van der Waals surface area contributed by atoms with Crippen molar-refractivity contribution in [2.45, 2.75) is 71.3 Å². The summed E-state index contributed by atoms with van der Waals surface area (Å²) >= 11 is 0. The highest BCUT2D eigenvalue weighted by atomic mass is 15.2. The molecule has 1 aliphatic carbocycles. The van der Waals surface area contributed by atoms with Crippen molar-refractivity contribution >= 4 is 0 Å². The van der Waals surface area contributed by atoms with Gasteiger partial charge in [-0.25, -0.2) is 0 Å². The van der Waals surface area contributed by atoms with Crippen molar-refractivity contribution in [3.05, 3.63) is 0 Å². The Morgan fingerprint density at radius 3 is 2.67 bits per heavy atom. The Hall–Kier alpha value is -0.0800. The Morgan fingerprint density at radius 2 is 1.94 bits per heavy atom. The van der Waals surface area contributed by atoms with Gasteiger partial charge < -0.3 is 10.6 Å². The summed E-state index contributed by atoms with van der Waals surface area (Å²) in [6, 6.07) is 0.771. The van der Waals surface area contributed by atoms with Crippen molar-refractivity contribution in [3.8, 4) is 0 Å². The zero-order chi connectivity index (χ0) is 13.0. The lowest BCUT2D eigenvalue weighted by Gasteiger charge is -2.44. The molecule has 2 rings (SSSR count). The predicted molar refractivity (Wildman–Crippen MR) is 78.6 cm³/mol. The molecule has 2 nitrogen and oxygen atoms in total. The Labute approximate surface area is 113 Å². The van der Waals surface area contributed by atoms with Gasteiger partial charge in [-0.2, -0.15) is 0 Å². The molecule has 1 saturated heterocycles. The molecule has 0 amide bonds. The molecule has 0 aromatic carbocycles. The van der Waals surface area contributed by atoms with Crippen LogP contribution in [0.1, 0.15) is 65.2 Å². The van der Waals surface area contributed by atoms with E-state index in [4.69, 9.17) is 5.73 Å². The predicted octanol–water partition coefficient (Wildman–Crippen LogP) is 3.41. The van der Waals surface area contributed by atoms with Gasteiger partial charge in [0.15, 0.2) is 0 Å². The van der Waals surface area contributed by atoms with Crippen LogP contribution in [0.15, 0.2) is 0 Å². The minimum absolute atomic E-state index is 0.427. The molecule has 2 heteroatoms. The van der Waals surface area contributed by atoms with Crippen LogP contribution >= 0.6 is 0 Å². The van der Waals surface area contributed by atoms with E-state index in [1.165, 1.54) is 64.5 Å². The smallest absolute Gasteiger partial charge is 0.00671 e. The van der Waals surface area contributed by atoms with E-state index in [-0.39, 0.29) is 0 Å². The maximum absolute atomic E-state index is 6.18. The standard InChI is InChI=1S/C16H32N2/c1-14-7-6-9-16(11-14,12-17)13-18-10-5-3-4-8-15(18)2/h14-15H,3-13,17H2,1-2H3. The Balaban J connectivity index is 1.99. The van der Waals surface area contributed by atoms with Crippen LogP contribution in [0.3, 0.4) is 0 Å². The summed E-state index contributed by atoms with van der Waals surface area (Å²) in [5, 5.41) is 0. The van der Waals surface area contributed by atoms with Gasteiger partial charge in [-0.1, -0.05) is 32.6 Å². The lowest BCUT2D eigenvalue weighted by Crippen LogP contribution is -2.47. The summed E-state index contributed by atoms with van der Waals surface area (Å²) in [7, 11) is 0. The van der Waals surface area contributed by atoms with Crippen molar-refractivity contribution in [2.75, 3.05) is 19.6 Å². The first-order chi connectivity index (χ1) is 8.65. The third-order valence-corrected chi connectivity index (χ3v) is 5.35. The molecule has 1 saturated carbocycles. The highest BCUT2D eigenvalue weighted by Crippen LogP contribution is 2.40. The van der Waals surface area contributed by atoms with E-state index in [0.29, 0.717) is 5.41 Å². The Bertz CT molecular complexity index is 253. The van der Waals surface area contributed by atoms with Gasteiger partial charge in [0.05, 0.1) is 0 Å². The van der Waals surface area contributed by atoms with Crippen LogP contribution < -0.4 is 5.73 Å². The van der Waals surface area contributed by atoms with Crippen molar-refractivity contribution < 1.29 is 0 Å². The second kappa shape index (κ2) is 6.38. The number of hydrogen-bond donors (Lipinski definition) is 1. The molecule has 0 radical (unpaired) electrons. The highest BCUT2D eigenvalue weighted by molar-refractivity contribution is 4.90. The zero-order valence-electron chi connectivity index (χ0n) is 12.5. The van der Waals surface area contributed by atoms with E-state index in [2.05, 4.69) is 18.7 Å². The number of nitrogens with zero attached hydrogens (tertiary/aromatic N) is 1. The third-order valence-electron chi connectivity index (χ3n) is 5.35. The number of rotatable bonds is 3. The summed E-state index contributed by atoms with van der Waals surface area (Å²) in [4.78, 5) is 2.75. The monoisotopic (exact) mass is 252 g/mol. The van der Waals surface area contributed by atoms with Gasteiger partial charge in [-0.3, -0.25) is 0 Å². The summed E-state index contributed by atoms with van der Waals surface area (Å²) < 4.78 is 0. The first kappa shape index (κ1) is 14.3. The van der Waals surface area contributed by atoms with Gasteiger partial charge in [0.1, 0.15) is 0 Å². The van der Waals surface area contributed by atoms with Crippen LogP contribution in [0.2, 0.25) is 0 Å². The first-order valence-corrected chi connectivity index (χ1v) is 8.09. The maximum Gasteiger partial charge on any atom is 0.00671 e. The molecule has 0 aromatic heterocycles. The second-order valence-corrected chi connectivity index (χ2v) is 7.07. The van der Waals surface area contributed by atoms with Crippen LogP contribution in [0.5, 0.6) is 0 Å². The molecule has 1 heterocycles. The Morgan fingerprint density at radius 1 is 1.11 bits per heavy atom. The van der Waals surface area contributed by atoms with Crippen LogP contribution in [0, 0.1) is 11.3 Å². The SMILES string of the molecule is CC1CCCC(CN)(CN2CCCCCC2C)C1. The molecule has 3 atom stereocenters. The quantitative estimate of drug-likeness (QED) is 0.834. The topological polar surface area (TPSA) is 29.3 Å². The van der Waals surface area contributed by atoms with Crippen LogP contribution in [0.4, 0.5) is 0 Å². The summed E-state index contributed by atoms with van der Waals surface area (Å²) in [6.45, 7) is 8.28. The average molecular weight is 252 g/mol. The Kier molecular flexibility index (Phi) is 5.08. The van der Waals surface area contributed by atoms with Crippen molar-refractivity contribution in [1.29, 1.82) is 0 Å². The minimum Gasteiger partial charge on any atom is -0.330 e. The van der Waals surface area contributed by atoms with Gasteiger partial charge in [-0.05, 0) is 57.0 Å². The fourth-order valence-electron chi connectivity index (χ4n) is 4.16. The molecule has 2 aliphatic rings. The van der Waals surface area contributed by atoms with Gasteiger partial charge in [0.2, 0.25) is 0 Å². The fourth-order valence-corrected chi connectivity index (χ4v) is 4.16. The van der Waals surface area contributed by atoms with E-state index in [9.17, 15) is 0 Å². The molecule has 3 unspecified atom stereocenters. The molecular weight excluding hydrogens is 220 g/mol. The maximum atomic E-state index is 6.18. The van der Waals surface area contributed by atoms with Crippen molar-refractivity contribution in [1.82, 2.24) is 4.90 Å². The average Bonchev–Trinajstić information content (AvgIpc) is 2.55.